The van der Waals surface area contributed by atoms with Gasteiger partial charge in [0.2, 0.25) is 5.91 Å². The first-order valence-corrected chi connectivity index (χ1v) is 20.8. The van der Waals surface area contributed by atoms with Gasteiger partial charge in [0.25, 0.3) is 0 Å². The number of nitrogens with one attached hydrogen (secondary N) is 2. The molecule has 1 aromatic carbocycles. The van der Waals surface area contributed by atoms with E-state index in [-0.39, 0.29) is 23.5 Å². The van der Waals surface area contributed by atoms with Crippen molar-refractivity contribution in [1.82, 2.24) is 5.32 Å². The van der Waals surface area contributed by atoms with Crippen molar-refractivity contribution in [2.24, 2.45) is 17.6 Å². The molecule has 0 spiro atoms. The average Bonchev–Trinajstić information content (AvgIpc) is 2.94. The van der Waals surface area contributed by atoms with Crippen LogP contribution in [0.15, 0.2) is 30.9 Å². The monoisotopic (exact) mass is 655 g/mol. The van der Waals surface area contributed by atoms with Gasteiger partial charge in [-0.2, -0.15) is 0 Å². The fourth-order valence-electron chi connectivity index (χ4n) is 3.48. The zero-order valence-corrected chi connectivity index (χ0v) is 29.1. The summed E-state index contributed by atoms with van der Waals surface area (Å²) in [6, 6.07) is 6.13. The predicted octanol–water partition coefficient (Wildman–Crippen LogP) is 7.46. The molecule has 0 aliphatic rings. The van der Waals surface area contributed by atoms with Gasteiger partial charge < -0.3 is 10.1 Å². The summed E-state index contributed by atoms with van der Waals surface area (Å²) in [4.78, 5) is 35.8. The summed E-state index contributed by atoms with van der Waals surface area (Å²) >= 11 is -1.01. The summed E-state index contributed by atoms with van der Waals surface area (Å²) in [6.45, 7) is 19.0. The number of ketones is 1. The molecule has 6 nitrogen and oxygen atoms in total. The van der Waals surface area contributed by atoms with Crippen molar-refractivity contribution >= 4 is 43.9 Å². The van der Waals surface area contributed by atoms with Crippen LogP contribution in [0.25, 0.3) is 0 Å². The molecule has 39 heavy (non-hydrogen) atoms. The topological polar surface area (TPSA) is 101 Å². The molecular weight excluding hydrogens is 596 g/mol. The Balaban J connectivity index is -0.000000717. The third kappa shape index (κ3) is 21.8. The van der Waals surface area contributed by atoms with Crippen LogP contribution in [0.5, 0.6) is 0 Å². The number of amides is 1. The van der Waals surface area contributed by atoms with E-state index < -0.39 is 20.2 Å². The van der Waals surface area contributed by atoms with E-state index in [0.717, 1.165) is 42.6 Å². The molecule has 0 radical (unpaired) electrons. The number of hydrogen-bond acceptors (Lipinski definition) is 5. The van der Waals surface area contributed by atoms with Gasteiger partial charge in [0.15, 0.2) is 0 Å². The Kier molecular flexibility index (Phi) is 31.5. The number of carbonyl (C=O) groups is 3. The SMILES string of the molecule is C=CC.CC.CCC(C)C(=O)c1c(C)cccc1NCC[CH2][Sb]([CH3])[CH2]CCCN.CNC(=O)C(C)CCC=O. The van der Waals surface area contributed by atoms with Crippen LogP contribution in [-0.4, -0.2) is 58.3 Å². The third-order valence-electron chi connectivity index (χ3n) is 6.02. The van der Waals surface area contributed by atoms with Crippen LogP contribution in [0.2, 0.25) is 13.6 Å². The molecular formula is C32H60N3O3Sb. The minimum absolute atomic E-state index is 0.00171. The molecule has 0 aromatic heterocycles. The minimum atomic E-state index is -1.01. The molecule has 4 N–H and O–H groups in total. The van der Waals surface area contributed by atoms with Gasteiger partial charge in [-0.1, -0.05) is 26.8 Å². The summed E-state index contributed by atoms with van der Waals surface area (Å²) in [5, 5.41) is 6.04. The second-order valence-corrected chi connectivity index (χ2v) is 16.9. The molecule has 1 aromatic rings. The maximum atomic E-state index is 12.7. The number of anilines is 1. The molecule has 0 bridgehead atoms. The van der Waals surface area contributed by atoms with E-state index >= 15 is 0 Å². The number of hydrogen-bond donors (Lipinski definition) is 3. The zero-order valence-electron chi connectivity index (χ0n) is 26.6. The van der Waals surface area contributed by atoms with Crippen LogP contribution in [0.3, 0.4) is 0 Å². The summed E-state index contributed by atoms with van der Waals surface area (Å²) in [5.41, 5.74) is 8.56. The maximum Gasteiger partial charge on any atom is 0.222 e. The Bertz CT molecular complexity index is 771. The van der Waals surface area contributed by atoms with Gasteiger partial charge in [-0.15, -0.1) is 6.58 Å². The standard InChI is InChI=1S/C15H22NO.C7H13NO2.C4H10N.C3H6.C2H6.CH3.Sb/c1-5-10-16-13-9-7-8-12(4)14(13)15(17)11(3)6-2;1-6(4-3-5-9)7(10)8-2;1-2-3-4-5;1-3-2;1-2;;/h7-9,11,16H,1,5-6,10H2,2-4H3;5-6H,3-4H2,1-2H3,(H,8,10);1-5H2;3H,1H2,2H3;1-2H3;1H3;. The van der Waals surface area contributed by atoms with Gasteiger partial charge in [0.05, 0.1) is 0 Å². The number of aryl methyl sites for hydroxylation is 1. The number of carbonyl (C=O) groups excluding carboxylic acids is 3. The molecule has 2 atom stereocenters. The zero-order chi connectivity index (χ0) is 30.6. The summed E-state index contributed by atoms with van der Waals surface area (Å²) in [7, 11) is 1.60. The molecule has 1 rings (SSSR count). The number of rotatable bonds is 16. The van der Waals surface area contributed by atoms with Crippen LogP contribution in [0, 0.1) is 18.8 Å². The molecule has 7 heteroatoms. The van der Waals surface area contributed by atoms with Gasteiger partial charge in [-0.25, -0.2) is 0 Å². The average molecular weight is 657 g/mol. The van der Waals surface area contributed by atoms with Crippen molar-refractivity contribution in [3.05, 3.63) is 42.0 Å². The van der Waals surface area contributed by atoms with Crippen molar-refractivity contribution in [3.8, 4) is 0 Å². The summed E-state index contributed by atoms with van der Waals surface area (Å²) < 4.78 is 2.85. The van der Waals surface area contributed by atoms with E-state index in [9.17, 15) is 14.4 Å². The van der Waals surface area contributed by atoms with Crippen LogP contribution in [0.4, 0.5) is 5.69 Å². The molecule has 0 aliphatic heterocycles. The van der Waals surface area contributed by atoms with Crippen molar-refractivity contribution in [3.63, 3.8) is 0 Å². The minimum Gasteiger partial charge on any atom is -0.359 e. The van der Waals surface area contributed by atoms with Gasteiger partial charge in [0.1, 0.15) is 6.29 Å². The van der Waals surface area contributed by atoms with Crippen molar-refractivity contribution < 1.29 is 14.4 Å². The summed E-state index contributed by atoms with van der Waals surface area (Å²) in [6.07, 6.45) is 8.29. The first-order valence-electron chi connectivity index (χ1n) is 14.6. The molecule has 0 saturated heterocycles. The Morgan fingerprint density at radius 2 is 1.69 bits per heavy atom. The van der Waals surface area contributed by atoms with Gasteiger partial charge >= 0.3 is 156 Å². The van der Waals surface area contributed by atoms with Gasteiger partial charge in [-0.05, 0) is 13.3 Å². The Morgan fingerprint density at radius 1 is 1.10 bits per heavy atom. The van der Waals surface area contributed by atoms with Crippen molar-refractivity contribution in [2.75, 3.05) is 25.5 Å². The quantitative estimate of drug-likeness (QED) is 0.0564. The van der Waals surface area contributed by atoms with Gasteiger partial charge in [0, 0.05) is 19.4 Å². The molecule has 0 fully saturated rings. The van der Waals surface area contributed by atoms with Crippen molar-refractivity contribution in [1.29, 1.82) is 0 Å². The van der Waals surface area contributed by atoms with E-state index in [1.54, 1.807) is 13.1 Å². The number of Topliss-reactive ketones (excluding diaryl/α,β-unsaturated/α-hetero) is 1. The fourth-order valence-corrected chi connectivity index (χ4v) is 8.29. The Hall–Kier alpha value is -1.65. The molecule has 0 heterocycles. The first kappa shape index (κ1) is 41.8. The van der Waals surface area contributed by atoms with E-state index in [1.807, 2.05) is 59.7 Å². The smallest absolute Gasteiger partial charge is 0.222 e. The third-order valence-corrected chi connectivity index (χ3v) is 12.2. The van der Waals surface area contributed by atoms with Crippen molar-refractivity contribution in [2.45, 2.75) is 101 Å². The van der Waals surface area contributed by atoms with Gasteiger partial charge in [-0.3, -0.25) is 4.79 Å². The Labute approximate surface area is 248 Å². The van der Waals surface area contributed by atoms with E-state index in [1.165, 1.54) is 28.0 Å². The van der Waals surface area contributed by atoms with Crippen LogP contribution >= 0.6 is 0 Å². The molecule has 2 unspecified atom stereocenters. The fraction of sp³-hybridized carbons (Fsp3) is 0.656. The second-order valence-electron chi connectivity index (χ2n) is 9.42. The normalized spacial score (nSPS) is 11.3. The molecule has 1 amide bonds. The molecule has 226 valence electrons. The van der Waals surface area contributed by atoms with Crippen LogP contribution < -0.4 is 16.4 Å². The molecule has 0 aliphatic carbocycles. The number of aldehydes is 1. The number of unbranched alkanes of at least 4 members (excludes halogenated alkanes) is 1. The second kappa shape index (κ2) is 29.3. The first-order chi connectivity index (χ1) is 18.6. The number of allylic oxidation sites excluding steroid dienone is 1. The van der Waals surface area contributed by atoms with E-state index in [0.29, 0.717) is 12.8 Å². The maximum absolute atomic E-state index is 12.7. The molecule has 0 saturated carbocycles. The van der Waals surface area contributed by atoms with Crippen LogP contribution in [0.1, 0.15) is 96.0 Å². The van der Waals surface area contributed by atoms with E-state index in [2.05, 4.69) is 29.0 Å². The van der Waals surface area contributed by atoms with E-state index in [4.69, 9.17) is 5.73 Å². The predicted molar refractivity (Wildman–Crippen MR) is 173 cm³/mol. The van der Waals surface area contributed by atoms with Crippen LogP contribution in [-0.2, 0) is 9.59 Å². The largest absolute Gasteiger partial charge is 0.359 e. The summed E-state index contributed by atoms with van der Waals surface area (Å²) in [5.74, 6) is 0.312. The number of benzene rings is 1. The Morgan fingerprint density at radius 3 is 2.21 bits per heavy atom. The number of nitrogens with two attached hydrogens (primary N) is 1.